The molecule has 0 aliphatic carbocycles. The predicted octanol–water partition coefficient (Wildman–Crippen LogP) is 1.96. The normalized spacial score (nSPS) is 18.7. The number of ether oxygens (including phenoxy) is 2. The zero-order chi connectivity index (χ0) is 17.4. The number of hydrogen-bond donors (Lipinski definition) is 1. The van der Waals surface area contributed by atoms with Crippen LogP contribution in [0.2, 0.25) is 0 Å². The second-order valence-corrected chi connectivity index (χ2v) is 6.57. The molecule has 23 heavy (non-hydrogen) atoms. The Hall–Kier alpha value is -1.73. The van der Waals surface area contributed by atoms with E-state index in [9.17, 15) is 4.79 Å². The Bertz CT molecular complexity index is 599. The predicted molar refractivity (Wildman–Crippen MR) is 89.6 cm³/mol. The summed E-state index contributed by atoms with van der Waals surface area (Å²) in [5.74, 6) is 0.767. The summed E-state index contributed by atoms with van der Waals surface area (Å²) in [4.78, 5) is 11.4. The topological polar surface area (TPSA) is 66.0 Å². The highest BCUT2D eigenvalue weighted by atomic mass is 16.7. The molecule has 1 saturated heterocycles. The third-order valence-electron chi connectivity index (χ3n) is 4.34. The van der Waals surface area contributed by atoms with Crippen LogP contribution in [0.3, 0.4) is 0 Å². The van der Waals surface area contributed by atoms with Gasteiger partial charge in [0.15, 0.2) is 11.5 Å². The fraction of sp³-hybridized carbons (Fsp3) is 0.562. The number of nitrogens with one attached hydrogen (secondary N) is 1. The van der Waals surface area contributed by atoms with Gasteiger partial charge in [0.2, 0.25) is 5.91 Å². The fourth-order valence-corrected chi connectivity index (χ4v) is 2.38. The van der Waals surface area contributed by atoms with Crippen molar-refractivity contribution in [3.8, 4) is 11.5 Å². The van der Waals surface area contributed by atoms with Crippen LogP contribution in [0.4, 0.5) is 5.69 Å². The molecule has 0 saturated carbocycles. The maximum absolute atomic E-state index is 11.4. The van der Waals surface area contributed by atoms with Crippen molar-refractivity contribution >= 4 is 24.2 Å². The molecule has 0 radical (unpaired) electrons. The molecule has 126 valence electrons. The van der Waals surface area contributed by atoms with Gasteiger partial charge in [-0.3, -0.25) is 4.79 Å². The van der Waals surface area contributed by atoms with Gasteiger partial charge in [0.1, 0.15) is 0 Å². The highest BCUT2D eigenvalue weighted by molar-refractivity contribution is 6.62. The number of methoxy groups -OCH3 is 2. The molecule has 1 fully saturated rings. The fourth-order valence-electron chi connectivity index (χ4n) is 2.38. The van der Waals surface area contributed by atoms with Crippen LogP contribution >= 0.6 is 0 Å². The van der Waals surface area contributed by atoms with Crippen LogP contribution in [-0.4, -0.2) is 38.4 Å². The SMILES string of the molecule is COc1cc(B2OC(C)(C)C(C)(C)O2)cc(NC(C)=O)c1OC. The van der Waals surface area contributed by atoms with E-state index in [1.54, 1.807) is 19.2 Å². The van der Waals surface area contributed by atoms with E-state index in [2.05, 4.69) is 5.32 Å². The molecule has 1 heterocycles. The molecule has 1 amide bonds. The number of carbonyl (C=O) groups excluding carboxylic acids is 1. The first-order chi connectivity index (χ1) is 10.6. The first kappa shape index (κ1) is 17.6. The molecule has 0 spiro atoms. The number of carbonyl (C=O) groups is 1. The monoisotopic (exact) mass is 321 g/mol. The molecule has 0 bridgehead atoms. The van der Waals surface area contributed by atoms with E-state index in [0.29, 0.717) is 17.2 Å². The molecule has 1 N–H and O–H groups in total. The van der Waals surface area contributed by atoms with E-state index in [1.165, 1.54) is 14.0 Å². The summed E-state index contributed by atoms with van der Waals surface area (Å²) in [6.45, 7) is 9.39. The van der Waals surface area contributed by atoms with Gasteiger partial charge < -0.3 is 24.1 Å². The van der Waals surface area contributed by atoms with Crippen LogP contribution < -0.4 is 20.3 Å². The molecule has 7 heteroatoms. The molecule has 6 nitrogen and oxygen atoms in total. The van der Waals surface area contributed by atoms with Crippen LogP contribution in [0.5, 0.6) is 11.5 Å². The number of rotatable bonds is 4. The van der Waals surface area contributed by atoms with Gasteiger partial charge in [-0.1, -0.05) is 0 Å². The molecule has 1 aromatic rings. The maximum atomic E-state index is 11.4. The standard InChI is InChI=1S/C16H24BNO5/c1-10(19)18-12-8-11(9-13(20-6)14(12)21-7)17-22-15(2,3)16(4,5)23-17/h8-9H,1-7H3,(H,18,19). The maximum Gasteiger partial charge on any atom is 0.495 e. The van der Waals surface area contributed by atoms with E-state index < -0.39 is 18.3 Å². The van der Waals surface area contributed by atoms with Crippen molar-refractivity contribution in [3.05, 3.63) is 12.1 Å². The Morgan fingerprint density at radius 1 is 1.09 bits per heavy atom. The molecule has 0 aromatic heterocycles. The lowest BCUT2D eigenvalue weighted by Gasteiger charge is -2.32. The summed E-state index contributed by atoms with van der Waals surface area (Å²) in [6.07, 6.45) is 0. The van der Waals surface area contributed by atoms with Gasteiger partial charge in [-0.2, -0.15) is 0 Å². The van der Waals surface area contributed by atoms with Gasteiger partial charge >= 0.3 is 7.12 Å². The highest BCUT2D eigenvalue weighted by Crippen LogP contribution is 2.39. The van der Waals surface area contributed by atoms with E-state index in [-0.39, 0.29) is 5.91 Å². The van der Waals surface area contributed by atoms with Crippen molar-refractivity contribution in [2.45, 2.75) is 45.8 Å². The average molecular weight is 321 g/mol. The number of anilines is 1. The molecule has 2 rings (SSSR count). The lowest BCUT2D eigenvalue weighted by Crippen LogP contribution is -2.41. The van der Waals surface area contributed by atoms with Crippen LogP contribution in [-0.2, 0) is 14.1 Å². The van der Waals surface area contributed by atoms with E-state index in [1.807, 2.05) is 27.7 Å². The van der Waals surface area contributed by atoms with E-state index in [0.717, 1.165) is 5.46 Å². The minimum absolute atomic E-state index is 0.198. The van der Waals surface area contributed by atoms with E-state index >= 15 is 0 Å². The summed E-state index contributed by atoms with van der Waals surface area (Å²) >= 11 is 0. The van der Waals surface area contributed by atoms with Crippen LogP contribution in [0.25, 0.3) is 0 Å². The van der Waals surface area contributed by atoms with Gasteiger partial charge in [-0.05, 0) is 45.3 Å². The van der Waals surface area contributed by atoms with Crippen LogP contribution in [0.15, 0.2) is 12.1 Å². The first-order valence-corrected chi connectivity index (χ1v) is 7.50. The zero-order valence-corrected chi connectivity index (χ0v) is 14.8. The molecular formula is C16H24BNO5. The molecule has 1 aromatic carbocycles. The van der Waals surface area contributed by atoms with Gasteiger partial charge in [-0.25, -0.2) is 0 Å². The van der Waals surface area contributed by atoms with Crippen molar-refractivity contribution in [2.75, 3.05) is 19.5 Å². The second-order valence-electron chi connectivity index (χ2n) is 6.57. The Morgan fingerprint density at radius 3 is 2.09 bits per heavy atom. The Morgan fingerprint density at radius 2 is 1.65 bits per heavy atom. The van der Waals surface area contributed by atoms with E-state index in [4.69, 9.17) is 18.8 Å². The number of amides is 1. The lowest BCUT2D eigenvalue weighted by molar-refractivity contribution is -0.114. The molecule has 0 unspecified atom stereocenters. The largest absolute Gasteiger partial charge is 0.495 e. The summed E-state index contributed by atoms with van der Waals surface area (Å²) < 4.78 is 22.8. The third kappa shape index (κ3) is 3.30. The van der Waals surface area contributed by atoms with Crippen molar-refractivity contribution in [1.82, 2.24) is 0 Å². The van der Waals surface area contributed by atoms with Gasteiger partial charge in [-0.15, -0.1) is 0 Å². The number of hydrogen-bond acceptors (Lipinski definition) is 5. The minimum atomic E-state index is -0.549. The molecular weight excluding hydrogens is 297 g/mol. The smallest absolute Gasteiger partial charge is 0.493 e. The summed E-state index contributed by atoms with van der Waals surface area (Å²) in [5.41, 5.74) is 0.381. The Balaban J connectivity index is 2.46. The molecule has 1 aliphatic heterocycles. The minimum Gasteiger partial charge on any atom is -0.493 e. The number of benzene rings is 1. The van der Waals surface area contributed by atoms with Crippen molar-refractivity contribution in [2.24, 2.45) is 0 Å². The van der Waals surface area contributed by atoms with Gasteiger partial charge in [0.05, 0.1) is 31.1 Å². The van der Waals surface area contributed by atoms with Gasteiger partial charge in [0.25, 0.3) is 0 Å². The summed E-state index contributed by atoms with van der Waals surface area (Å²) in [5, 5.41) is 2.75. The van der Waals surface area contributed by atoms with Crippen molar-refractivity contribution < 1.29 is 23.6 Å². The molecule has 0 atom stereocenters. The second kappa shape index (κ2) is 6.05. The van der Waals surface area contributed by atoms with Crippen LogP contribution in [0, 0.1) is 0 Å². The third-order valence-corrected chi connectivity index (χ3v) is 4.34. The Kier molecular flexibility index (Phi) is 4.64. The zero-order valence-electron chi connectivity index (χ0n) is 14.8. The Labute approximate surface area is 137 Å². The quantitative estimate of drug-likeness (QED) is 0.859. The first-order valence-electron chi connectivity index (χ1n) is 7.50. The average Bonchev–Trinajstić information content (AvgIpc) is 2.66. The summed E-state index contributed by atoms with van der Waals surface area (Å²) in [7, 11) is 2.52. The summed E-state index contributed by atoms with van der Waals surface area (Å²) in [6, 6.07) is 3.58. The van der Waals surface area contributed by atoms with Crippen LogP contribution in [0.1, 0.15) is 34.6 Å². The van der Waals surface area contributed by atoms with Crippen molar-refractivity contribution in [3.63, 3.8) is 0 Å². The van der Waals surface area contributed by atoms with Crippen molar-refractivity contribution in [1.29, 1.82) is 0 Å². The molecule has 1 aliphatic rings. The highest BCUT2D eigenvalue weighted by Gasteiger charge is 2.52. The lowest BCUT2D eigenvalue weighted by atomic mass is 9.78. The van der Waals surface area contributed by atoms with Gasteiger partial charge in [0, 0.05) is 6.92 Å².